The first kappa shape index (κ1) is 46.9. The van der Waals surface area contributed by atoms with E-state index in [1.54, 1.807) is 0 Å². The van der Waals surface area contributed by atoms with Crippen molar-refractivity contribution in [1.29, 1.82) is 0 Å². The molecule has 0 heterocycles. The summed E-state index contributed by atoms with van der Waals surface area (Å²) < 4.78 is 16.6. The maximum Gasteiger partial charge on any atom is 0.508 e. The first-order valence-electron chi connectivity index (χ1n) is 20.2. The molecule has 9 heteroatoms. The number of carboxylic acid groups (broad SMARTS) is 1. The first-order valence-corrected chi connectivity index (χ1v) is 20.2. The number of unbranched alkanes of at least 4 members (excludes halogenated alkanes) is 14. The van der Waals surface area contributed by atoms with E-state index in [4.69, 9.17) is 19.3 Å². The van der Waals surface area contributed by atoms with Gasteiger partial charge in [-0.05, 0) is 70.9 Å². The Hall–Kier alpha value is -2.13. The van der Waals surface area contributed by atoms with Crippen LogP contribution >= 0.6 is 0 Å². The second-order valence-electron chi connectivity index (χ2n) is 13.4. The summed E-state index contributed by atoms with van der Waals surface area (Å²) in [5.74, 6) is -0.986. The minimum atomic E-state index is -0.842. The van der Waals surface area contributed by atoms with Crippen molar-refractivity contribution in [1.82, 2.24) is 9.80 Å². The Labute approximate surface area is 300 Å². The molecule has 0 aromatic heterocycles. The van der Waals surface area contributed by atoms with Gasteiger partial charge in [-0.1, -0.05) is 110 Å². The average Bonchev–Trinajstić information content (AvgIpc) is 3.08. The highest BCUT2D eigenvalue weighted by Gasteiger charge is 2.17. The molecule has 49 heavy (non-hydrogen) atoms. The maximum atomic E-state index is 12.5. The highest BCUT2D eigenvalue weighted by molar-refractivity contribution is 5.69. The van der Waals surface area contributed by atoms with Crippen molar-refractivity contribution in [3.05, 3.63) is 12.2 Å². The minimum absolute atomic E-state index is 0.0629. The van der Waals surface area contributed by atoms with Crippen molar-refractivity contribution >= 4 is 18.1 Å². The van der Waals surface area contributed by atoms with E-state index in [1.165, 1.54) is 57.8 Å². The van der Waals surface area contributed by atoms with E-state index in [0.29, 0.717) is 45.4 Å². The summed E-state index contributed by atoms with van der Waals surface area (Å²) in [4.78, 5) is 40.3. The van der Waals surface area contributed by atoms with Gasteiger partial charge in [0.25, 0.3) is 0 Å². The summed E-state index contributed by atoms with van der Waals surface area (Å²) in [5.41, 5.74) is 0. The van der Waals surface area contributed by atoms with Crippen molar-refractivity contribution in [3.8, 4) is 0 Å². The van der Waals surface area contributed by atoms with Gasteiger partial charge in [-0.15, -0.1) is 0 Å². The third-order valence-electron chi connectivity index (χ3n) is 9.13. The number of hydrogen-bond donors (Lipinski definition) is 1. The number of allylic oxidation sites excluding steroid dienone is 2. The predicted molar refractivity (Wildman–Crippen MR) is 201 cm³/mol. The van der Waals surface area contributed by atoms with Gasteiger partial charge < -0.3 is 24.2 Å². The molecule has 0 spiro atoms. The lowest BCUT2D eigenvalue weighted by Crippen LogP contribution is -2.39. The quantitative estimate of drug-likeness (QED) is 0.0389. The van der Waals surface area contributed by atoms with Gasteiger partial charge in [0.05, 0.1) is 0 Å². The molecule has 0 amide bonds. The second kappa shape index (κ2) is 35.7. The minimum Gasteiger partial charge on any atom is -0.481 e. The fourth-order valence-electron chi connectivity index (χ4n) is 5.83. The molecule has 9 nitrogen and oxygen atoms in total. The topological polar surface area (TPSA) is 106 Å². The van der Waals surface area contributed by atoms with Crippen LogP contribution in [0.1, 0.15) is 169 Å². The van der Waals surface area contributed by atoms with Gasteiger partial charge in [-0.3, -0.25) is 14.5 Å². The molecule has 0 bridgehead atoms. The molecule has 0 rings (SSSR count). The largest absolute Gasteiger partial charge is 0.508 e. The molecular weight excluding hydrogens is 620 g/mol. The zero-order chi connectivity index (χ0) is 36.2. The fraction of sp³-hybridized carbons (Fsp3) is 0.875. The lowest BCUT2D eigenvalue weighted by atomic mass is 10.0. The van der Waals surface area contributed by atoms with E-state index >= 15 is 0 Å². The highest BCUT2D eigenvalue weighted by atomic mass is 16.7. The zero-order valence-electron chi connectivity index (χ0n) is 32.2. The van der Waals surface area contributed by atoms with Gasteiger partial charge in [0.1, 0.15) is 19.3 Å². The van der Waals surface area contributed by atoms with Crippen LogP contribution in [0.3, 0.4) is 0 Å². The molecule has 0 saturated carbocycles. The van der Waals surface area contributed by atoms with E-state index in [9.17, 15) is 14.4 Å². The van der Waals surface area contributed by atoms with Gasteiger partial charge in [0.15, 0.2) is 0 Å². The third kappa shape index (κ3) is 32.8. The molecule has 288 valence electrons. The molecule has 0 saturated heterocycles. The van der Waals surface area contributed by atoms with Crippen LogP contribution < -0.4 is 0 Å². The van der Waals surface area contributed by atoms with Crippen LogP contribution in [0.25, 0.3) is 0 Å². The van der Waals surface area contributed by atoms with Crippen LogP contribution in [0.4, 0.5) is 4.79 Å². The molecule has 0 aliphatic carbocycles. The first-order chi connectivity index (χ1) is 23.9. The van der Waals surface area contributed by atoms with Crippen molar-refractivity contribution in [2.45, 2.75) is 175 Å². The van der Waals surface area contributed by atoms with Crippen LogP contribution in [0.5, 0.6) is 0 Å². The molecule has 0 aromatic carbocycles. The van der Waals surface area contributed by atoms with Crippen LogP contribution in [0, 0.1) is 0 Å². The van der Waals surface area contributed by atoms with Crippen LogP contribution in [0.15, 0.2) is 12.2 Å². The van der Waals surface area contributed by atoms with Crippen molar-refractivity contribution in [3.63, 3.8) is 0 Å². The zero-order valence-corrected chi connectivity index (χ0v) is 32.2. The molecular formula is C40H76N2O7. The maximum absolute atomic E-state index is 12.5. The Morgan fingerprint density at radius 1 is 0.571 bits per heavy atom. The van der Waals surface area contributed by atoms with Crippen LogP contribution in [-0.4, -0.2) is 91.6 Å². The Morgan fingerprint density at radius 2 is 1.08 bits per heavy atom. The Kier molecular flexibility index (Phi) is 34.1. The summed E-state index contributed by atoms with van der Waals surface area (Å²) in [5, 5.41) is 8.98. The lowest BCUT2D eigenvalue weighted by molar-refractivity contribution is -0.144. The van der Waals surface area contributed by atoms with Crippen molar-refractivity contribution < 1.29 is 33.7 Å². The number of rotatable bonds is 36. The Balaban J connectivity index is 4.34. The van der Waals surface area contributed by atoms with E-state index < -0.39 is 12.1 Å². The normalized spacial score (nSPS) is 12.2. The number of carbonyl (C=O) groups is 3. The summed E-state index contributed by atoms with van der Waals surface area (Å²) >= 11 is 0. The summed E-state index contributed by atoms with van der Waals surface area (Å²) in [6, 6.07) is 0. The Bertz CT molecular complexity index is 803. The van der Waals surface area contributed by atoms with E-state index in [2.05, 4.69) is 49.6 Å². The number of aliphatic carboxylic acids is 1. The number of esters is 1. The van der Waals surface area contributed by atoms with Gasteiger partial charge in [0, 0.05) is 39.0 Å². The summed E-state index contributed by atoms with van der Waals surface area (Å²) in [6.45, 7) is 13.8. The molecule has 0 aliphatic rings. The summed E-state index contributed by atoms with van der Waals surface area (Å²) in [6.07, 6.45) is 26.1. The highest BCUT2D eigenvalue weighted by Crippen LogP contribution is 2.15. The van der Waals surface area contributed by atoms with Gasteiger partial charge in [0.2, 0.25) is 0 Å². The monoisotopic (exact) mass is 697 g/mol. The lowest BCUT2D eigenvalue weighted by Gasteiger charge is -2.26. The predicted octanol–water partition coefficient (Wildman–Crippen LogP) is 9.96. The average molecular weight is 697 g/mol. The van der Waals surface area contributed by atoms with E-state index in [-0.39, 0.29) is 25.1 Å². The third-order valence-corrected chi connectivity index (χ3v) is 9.13. The molecule has 0 aromatic rings. The van der Waals surface area contributed by atoms with Crippen LogP contribution in [0.2, 0.25) is 0 Å². The fourth-order valence-corrected chi connectivity index (χ4v) is 5.83. The standard InChI is InChI=1S/C40H76N2O7/c1-5-9-11-13-14-15-16-17-18-19-20-21-22-23-25-30-39(45)47-35-33-42(32-31-41(7-3)8-4)34-36-48-40(46)49-37(27-24-12-10-6-2)28-26-29-38(43)44/h17-18,37H,5-16,19-36H2,1-4H3,(H,43,44)/b18-17-. The van der Waals surface area contributed by atoms with E-state index in [0.717, 1.165) is 77.5 Å². The van der Waals surface area contributed by atoms with Gasteiger partial charge >= 0.3 is 18.1 Å². The molecule has 1 N–H and O–H groups in total. The smallest absolute Gasteiger partial charge is 0.481 e. The number of hydrogen-bond acceptors (Lipinski definition) is 8. The Morgan fingerprint density at radius 3 is 1.67 bits per heavy atom. The molecule has 1 atom stereocenters. The van der Waals surface area contributed by atoms with Crippen molar-refractivity contribution in [2.75, 3.05) is 52.5 Å². The number of ether oxygens (including phenoxy) is 3. The molecule has 0 fully saturated rings. The van der Waals surface area contributed by atoms with E-state index in [1.807, 2.05) is 0 Å². The SMILES string of the molecule is CCCCCCCC/C=C\CCCCCCCC(=O)OCCN(CCOC(=O)OC(CCCCCC)CCCC(=O)O)CCN(CC)CC. The molecule has 0 radical (unpaired) electrons. The van der Waals surface area contributed by atoms with Gasteiger partial charge in [-0.25, -0.2) is 4.79 Å². The van der Waals surface area contributed by atoms with Crippen molar-refractivity contribution in [2.24, 2.45) is 0 Å². The summed E-state index contributed by atoms with van der Waals surface area (Å²) in [7, 11) is 0. The number of carboxylic acids is 1. The van der Waals surface area contributed by atoms with Crippen LogP contribution in [-0.2, 0) is 23.8 Å². The molecule has 0 aliphatic heterocycles. The molecule has 1 unspecified atom stereocenters. The number of likely N-dealkylation sites (N-methyl/N-ethyl adjacent to an activating group) is 1. The number of carbonyl (C=O) groups excluding carboxylic acids is 2. The number of nitrogens with zero attached hydrogens (tertiary/aromatic N) is 2. The second-order valence-corrected chi connectivity index (χ2v) is 13.4. The van der Waals surface area contributed by atoms with Gasteiger partial charge in [-0.2, -0.15) is 0 Å².